The van der Waals surface area contributed by atoms with Crippen molar-refractivity contribution in [2.75, 3.05) is 0 Å². The highest BCUT2D eigenvalue weighted by Crippen LogP contribution is 2.33. The minimum Gasteiger partial charge on any atom is -0.483 e. The average molecular weight is 323 g/mol. The molecule has 3 nitrogen and oxygen atoms in total. The fraction of sp³-hybridized carbons (Fsp3) is 0.200. The minimum atomic E-state index is -0.410. The summed E-state index contributed by atoms with van der Waals surface area (Å²) in [6, 6.07) is 6.23. The molecule has 2 aromatic heterocycles. The molecule has 0 aliphatic rings. The predicted molar refractivity (Wildman–Crippen MR) is 82.6 cm³/mol. The van der Waals surface area contributed by atoms with Crippen molar-refractivity contribution in [1.82, 2.24) is 9.97 Å². The van der Waals surface area contributed by atoms with Crippen LogP contribution < -0.4 is 4.74 Å². The molecule has 0 amide bonds. The molecule has 0 aliphatic carbocycles. The van der Waals surface area contributed by atoms with Gasteiger partial charge in [-0.15, -0.1) is 11.3 Å². The lowest BCUT2D eigenvalue weighted by molar-refractivity contribution is 0.281. The van der Waals surface area contributed by atoms with Crippen molar-refractivity contribution in [3.05, 3.63) is 51.5 Å². The molecule has 0 saturated heterocycles. The second-order valence-electron chi connectivity index (χ2n) is 4.61. The lowest BCUT2D eigenvalue weighted by atomic mass is 10.2. The normalized spacial score (nSPS) is 11.0. The van der Waals surface area contributed by atoms with E-state index in [1.807, 2.05) is 13.8 Å². The molecule has 3 rings (SSSR count). The maximum atomic E-state index is 13.5. The van der Waals surface area contributed by atoms with Crippen molar-refractivity contribution in [3.63, 3.8) is 0 Å². The minimum absolute atomic E-state index is 0.0760. The quantitative estimate of drug-likeness (QED) is 0.657. The van der Waals surface area contributed by atoms with Gasteiger partial charge in [0.15, 0.2) is 17.4 Å². The van der Waals surface area contributed by atoms with Crippen LogP contribution in [0.25, 0.3) is 10.2 Å². The van der Waals surface area contributed by atoms with Crippen LogP contribution in [0.2, 0.25) is 5.15 Å². The number of halogens is 2. The number of benzene rings is 1. The van der Waals surface area contributed by atoms with Crippen molar-refractivity contribution >= 4 is 33.2 Å². The summed E-state index contributed by atoms with van der Waals surface area (Å²) in [6.45, 7) is 4.10. The van der Waals surface area contributed by atoms with Crippen LogP contribution in [0.15, 0.2) is 24.3 Å². The Hall–Kier alpha value is -1.72. The molecule has 0 spiro atoms. The number of hydrogen-bond acceptors (Lipinski definition) is 4. The SMILES string of the molecule is Cc1sc2nc(COc3ccccc3F)nc(Cl)c2c1C. The fourth-order valence-corrected chi connectivity index (χ4v) is 3.44. The van der Waals surface area contributed by atoms with Crippen LogP contribution in [-0.2, 0) is 6.61 Å². The van der Waals surface area contributed by atoms with Gasteiger partial charge in [-0.2, -0.15) is 0 Å². The Labute approximate surface area is 130 Å². The van der Waals surface area contributed by atoms with Crippen molar-refractivity contribution in [1.29, 1.82) is 0 Å². The summed E-state index contributed by atoms with van der Waals surface area (Å²) in [5.41, 5.74) is 1.10. The monoisotopic (exact) mass is 322 g/mol. The number of fused-ring (bicyclic) bond motifs is 1. The zero-order valence-electron chi connectivity index (χ0n) is 11.5. The van der Waals surface area contributed by atoms with E-state index in [0.717, 1.165) is 20.7 Å². The van der Waals surface area contributed by atoms with Gasteiger partial charge in [0.2, 0.25) is 0 Å². The summed E-state index contributed by atoms with van der Waals surface area (Å²) < 4.78 is 18.9. The van der Waals surface area contributed by atoms with Crippen LogP contribution in [-0.4, -0.2) is 9.97 Å². The first-order valence-corrected chi connectivity index (χ1v) is 7.55. The second kappa shape index (κ2) is 5.58. The molecule has 2 heterocycles. The largest absolute Gasteiger partial charge is 0.483 e. The summed E-state index contributed by atoms with van der Waals surface area (Å²) in [7, 11) is 0. The van der Waals surface area contributed by atoms with Gasteiger partial charge in [-0.05, 0) is 31.5 Å². The lowest BCUT2D eigenvalue weighted by Gasteiger charge is -2.06. The Morgan fingerprint density at radius 3 is 2.76 bits per heavy atom. The van der Waals surface area contributed by atoms with Gasteiger partial charge < -0.3 is 4.74 Å². The van der Waals surface area contributed by atoms with Crippen LogP contribution in [0.1, 0.15) is 16.3 Å². The van der Waals surface area contributed by atoms with E-state index in [1.54, 1.807) is 29.5 Å². The number of hydrogen-bond donors (Lipinski definition) is 0. The molecule has 0 saturated carbocycles. The molecule has 3 aromatic rings. The van der Waals surface area contributed by atoms with E-state index < -0.39 is 5.82 Å². The van der Waals surface area contributed by atoms with Crippen molar-refractivity contribution in [3.8, 4) is 5.75 Å². The number of rotatable bonds is 3. The van der Waals surface area contributed by atoms with Crippen molar-refractivity contribution in [2.24, 2.45) is 0 Å². The zero-order chi connectivity index (χ0) is 15.0. The molecule has 1 aromatic carbocycles. The third-order valence-corrected chi connectivity index (χ3v) is 4.60. The van der Waals surface area contributed by atoms with E-state index in [-0.39, 0.29) is 12.4 Å². The van der Waals surface area contributed by atoms with Crippen LogP contribution in [0, 0.1) is 19.7 Å². The van der Waals surface area contributed by atoms with Gasteiger partial charge in [0, 0.05) is 4.88 Å². The van der Waals surface area contributed by atoms with Gasteiger partial charge in [-0.25, -0.2) is 14.4 Å². The van der Waals surface area contributed by atoms with E-state index >= 15 is 0 Å². The highest BCUT2D eigenvalue weighted by molar-refractivity contribution is 7.18. The summed E-state index contributed by atoms with van der Waals surface area (Å²) in [5, 5.41) is 1.29. The Bertz CT molecular complexity index is 819. The Kier molecular flexibility index (Phi) is 3.78. The number of aromatic nitrogens is 2. The first-order valence-electron chi connectivity index (χ1n) is 6.35. The maximum absolute atomic E-state index is 13.5. The highest BCUT2D eigenvalue weighted by atomic mass is 35.5. The third-order valence-electron chi connectivity index (χ3n) is 3.22. The second-order valence-corrected chi connectivity index (χ2v) is 6.17. The number of para-hydroxylation sites is 1. The van der Waals surface area contributed by atoms with Gasteiger partial charge >= 0.3 is 0 Å². The van der Waals surface area contributed by atoms with Crippen LogP contribution in [0.4, 0.5) is 4.39 Å². The summed E-state index contributed by atoms with van der Waals surface area (Å²) in [5.74, 6) is 0.209. The molecule has 0 atom stereocenters. The highest BCUT2D eigenvalue weighted by Gasteiger charge is 2.13. The molecular weight excluding hydrogens is 311 g/mol. The predicted octanol–water partition coefficient (Wildman–Crippen LogP) is 4.68. The van der Waals surface area contributed by atoms with Gasteiger partial charge in [0.1, 0.15) is 16.6 Å². The summed E-state index contributed by atoms with van der Waals surface area (Å²) in [6.07, 6.45) is 0. The maximum Gasteiger partial charge on any atom is 0.169 e. The zero-order valence-corrected chi connectivity index (χ0v) is 13.1. The summed E-state index contributed by atoms with van der Waals surface area (Å²) >= 11 is 7.79. The molecule has 0 fully saturated rings. The van der Waals surface area contributed by atoms with Crippen LogP contribution >= 0.6 is 22.9 Å². The Morgan fingerprint density at radius 1 is 1.24 bits per heavy atom. The number of ether oxygens (including phenoxy) is 1. The molecule has 0 aliphatic heterocycles. The van der Waals surface area contributed by atoms with E-state index in [2.05, 4.69) is 9.97 Å². The van der Waals surface area contributed by atoms with Crippen LogP contribution in [0.5, 0.6) is 5.75 Å². The smallest absolute Gasteiger partial charge is 0.169 e. The van der Waals surface area contributed by atoms with Gasteiger partial charge in [0.25, 0.3) is 0 Å². The van der Waals surface area contributed by atoms with Gasteiger partial charge in [-0.1, -0.05) is 23.7 Å². The molecule has 21 heavy (non-hydrogen) atoms. The Balaban J connectivity index is 1.90. The van der Waals surface area contributed by atoms with Crippen molar-refractivity contribution in [2.45, 2.75) is 20.5 Å². The molecule has 108 valence electrons. The average Bonchev–Trinajstić information content (AvgIpc) is 2.73. The van der Waals surface area contributed by atoms with Crippen molar-refractivity contribution < 1.29 is 9.13 Å². The summed E-state index contributed by atoms with van der Waals surface area (Å²) in [4.78, 5) is 10.7. The van der Waals surface area contributed by atoms with Crippen LogP contribution in [0.3, 0.4) is 0 Å². The first-order chi connectivity index (χ1) is 10.1. The number of nitrogens with zero attached hydrogens (tertiary/aromatic N) is 2. The van der Waals surface area contributed by atoms with Gasteiger partial charge in [0.05, 0.1) is 5.39 Å². The molecule has 0 N–H and O–H groups in total. The number of thiophene rings is 1. The van der Waals surface area contributed by atoms with E-state index in [1.165, 1.54) is 6.07 Å². The lowest BCUT2D eigenvalue weighted by Crippen LogP contribution is -2.02. The molecule has 0 bridgehead atoms. The molecule has 0 radical (unpaired) electrons. The molecule has 6 heteroatoms. The van der Waals surface area contributed by atoms with E-state index in [9.17, 15) is 4.39 Å². The molecule has 0 unspecified atom stereocenters. The Morgan fingerprint density at radius 2 is 2.00 bits per heavy atom. The van der Waals surface area contributed by atoms with E-state index in [4.69, 9.17) is 16.3 Å². The van der Waals surface area contributed by atoms with Gasteiger partial charge in [-0.3, -0.25) is 0 Å². The first kappa shape index (κ1) is 14.2. The van der Waals surface area contributed by atoms with E-state index in [0.29, 0.717) is 11.0 Å². The fourth-order valence-electron chi connectivity index (χ4n) is 2.01. The number of aryl methyl sites for hydroxylation is 2. The standard InChI is InChI=1S/C15H12ClFN2OS/c1-8-9(2)21-15-13(8)14(16)18-12(19-15)7-20-11-6-4-3-5-10(11)17/h3-6H,7H2,1-2H3. The molecular formula is C15H12ClFN2OS. The topological polar surface area (TPSA) is 35.0 Å². The third kappa shape index (κ3) is 2.71.